The van der Waals surface area contributed by atoms with Gasteiger partial charge in [0.25, 0.3) is 15.9 Å². The summed E-state index contributed by atoms with van der Waals surface area (Å²) in [6, 6.07) is 25.0. The quantitative estimate of drug-likeness (QED) is 0.362. The number of carbonyl (C=O) groups excluding carboxylic acids is 1. The van der Waals surface area contributed by atoms with Crippen LogP contribution in [-0.4, -0.2) is 25.0 Å². The van der Waals surface area contributed by atoms with Gasteiger partial charge >= 0.3 is 0 Å². The van der Waals surface area contributed by atoms with E-state index in [-0.39, 0.29) is 16.8 Å². The molecule has 0 spiro atoms. The summed E-state index contributed by atoms with van der Waals surface area (Å²) >= 11 is 5.85. The average Bonchev–Trinajstić information content (AvgIpc) is 3.55. The monoisotopic (exact) mass is 505 g/mol. The van der Waals surface area contributed by atoms with Crippen molar-refractivity contribution >= 4 is 38.9 Å². The molecule has 4 aromatic rings. The fourth-order valence-corrected chi connectivity index (χ4v) is 5.03. The number of sulfonamides is 1. The number of halogens is 1. The van der Waals surface area contributed by atoms with E-state index in [0.717, 1.165) is 5.56 Å². The summed E-state index contributed by atoms with van der Waals surface area (Å²) in [5, 5.41) is 6.52. The first kappa shape index (κ1) is 22.9. The minimum Gasteiger partial charge on any atom is -0.467 e. The lowest BCUT2D eigenvalue weighted by Gasteiger charge is -2.19. The molecule has 0 saturated carbocycles. The summed E-state index contributed by atoms with van der Waals surface area (Å²) in [5.74, 6) is 0.412. The van der Waals surface area contributed by atoms with Crippen LogP contribution in [0.25, 0.3) is 0 Å². The molecule has 0 bridgehead atoms. The Balaban J connectivity index is 1.39. The minimum atomic E-state index is -3.76. The molecule has 1 amide bonds. The van der Waals surface area contributed by atoms with E-state index in [0.29, 0.717) is 34.2 Å². The average molecular weight is 506 g/mol. The van der Waals surface area contributed by atoms with Crippen molar-refractivity contribution < 1.29 is 17.6 Å². The summed E-state index contributed by atoms with van der Waals surface area (Å²) < 4.78 is 33.4. The topological polar surface area (TPSA) is 92.0 Å². The highest BCUT2D eigenvalue weighted by Gasteiger charge is 2.35. The van der Waals surface area contributed by atoms with Crippen molar-refractivity contribution in [2.24, 2.45) is 5.10 Å². The predicted octanol–water partition coefficient (Wildman–Crippen LogP) is 5.73. The number of benzene rings is 3. The van der Waals surface area contributed by atoms with E-state index in [1.54, 1.807) is 60.9 Å². The van der Waals surface area contributed by atoms with Gasteiger partial charge < -0.3 is 4.42 Å². The molecule has 3 aromatic carbocycles. The van der Waals surface area contributed by atoms with Gasteiger partial charge in [-0.25, -0.2) is 13.4 Å². The Bertz CT molecular complexity index is 1470. The Morgan fingerprint density at radius 3 is 2.31 bits per heavy atom. The molecule has 176 valence electrons. The fraction of sp³-hybridized carbons (Fsp3) is 0.0769. The van der Waals surface area contributed by atoms with Crippen LogP contribution in [0, 0.1) is 0 Å². The van der Waals surface area contributed by atoms with Gasteiger partial charge in [-0.1, -0.05) is 41.9 Å². The molecule has 35 heavy (non-hydrogen) atoms. The Morgan fingerprint density at radius 1 is 0.943 bits per heavy atom. The first-order valence-electron chi connectivity index (χ1n) is 10.8. The van der Waals surface area contributed by atoms with Crippen molar-refractivity contribution in [3.8, 4) is 0 Å². The van der Waals surface area contributed by atoms with E-state index in [1.165, 1.54) is 29.3 Å². The lowest BCUT2D eigenvalue weighted by atomic mass is 10.0. The summed E-state index contributed by atoms with van der Waals surface area (Å²) in [6.45, 7) is 0. The second kappa shape index (κ2) is 9.40. The van der Waals surface area contributed by atoms with Gasteiger partial charge in [0.1, 0.15) is 11.8 Å². The predicted molar refractivity (Wildman–Crippen MR) is 134 cm³/mol. The fourth-order valence-electron chi connectivity index (χ4n) is 3.85. The molecule has 0 fully saturated rings. The number of rotatable bonds is 6. The summed E-state index contributed by atoms with van der Waals surface area (Å²) in [7, 11) is -3.76. The molecule has 1 aliphatic heterocycles. The minimum absolute atomic E-state index is 0.113. The van der Waals surface area contributed by atoms with Crippen molar-refractivity contribution in [2.75, 3.05) is 4.72 Å². The highest BCUT2D eigenvalue weighted by Crippen LogP contribution is 2.34. The molecule has 0 saturated heterocycles. The Morgan fingerprint density at radius 2 is 1.66 bits per heavy atom. The van der Waals surface area contributed by atoms with Gasteiger partial charge in [0.05, 0.1) is 16.9 Å². The molecule has 0 radical (unpaired) electrons. The zero-order valence-corrected chi connectivity index (χ0v) is 19.9. The van der Waals surface area contributed by atoms with Crippen LogP contribution in [0.2, 0.25) is 5.02 Å². The van der Waals surface area contributed by atoms with Gasteiger partial charge in [0.2, 0.25) is 0 Å². The molecule has 9 heteroatoms. The van der Waals surface area contributed by atoms with E-state index < -0.39 is 10.0 Å². The van der Waals surface area contributed by atoms with Crippen LogP contribution in [0.3, 0.4) is 0 Å². The highest BCUT2D eigenvalue weighted by molar-refractivity contribution is 7.92. The number of anilines is 1. The largest absolute Gasteiger partial charge is 0.467 e. The summed E-state index contributed by atoms with van der Waals surface area (Å²) in [5.41, 5.74) is 2.41. The molecule has 1 N–H and O–H groups in total. The first-order valence-corrected chi connectivity index (χ1v) is 12.7. The van der Waals surface area contributed by atoms with Crippen LogP contribution in [0.15, 0.2) is 112 Å². The zero-order valence-electron chi connectivity index (χ0n) is 18.3. The van der Waals surface area contributed by atoms with E-state index >= 15 is 0 Å². The molecule has 1 atom stereocenters. The van der Waals surface area contributed by atoms with Crippen LogP contribution in [0.5, 0.6) is 0 Å². The summed E-state index contributed by atoms with van der Waals surface area (Å²) in [6.07, 6.45) is 2.03. The van der Waals surface area contributed by atoms with Crippen LogP contribution in [0.4, 0.5) is 5.69 Å². The van der Waals surface area contributed by atoms with Crippen molar-refractivity contribution in [2.45, 2.75) is 17.4 Å². The van der Waals surface area contributed by atoms with E-state index in [4.69, 9.17) is 16.0 Å². The second-order valence-electron chi connectivity index (χ2n) is 7.93. The van der Waals surface area contributed by atoms with Gasteiger partial charge in [-0.15, -0.1) is 0 Å². The maximum atomic E-state index is 13.2. The lowest BCUT2D eigenvalue weighted by molar-refractivity contribution is 0.0693. The van der Waals surface area contributed by atoms with Crippen LogP contribution >= 0.6 is 11.6 Å². The SMILES string of the molecule is O=C(c1ccccc1)N1N=C(c2ccc(NS(=O)(=O)c3ccc(Cl)cc3)cc2)CC1c1ccco1. The third kappa shape index (κ3) is 4.84. The van der Waals surface area contributed by atoms with Crippen molar-refractivity contribution in [1.82, 2.24) is 5.01 Å². The number of amides is 1. The molecule has 5 rings (SSSR count). The van der Waals surface area contributed by atoms with Crippen molar-refractivity contribution in [3.05, 3.63) is 119 Å². The van der Waals surface area contributed by atoms with Gasteiger partial charge in [0, 0.05) is 22.7 Å². The molecule has 0 aliphatic carbocycles. The number of nitrogens with one attached hydrogen (secondary N) is 1. The van der Waals surface area contributed by atoms with Crippen LogP contribution in [0.1, 0.15) is 34.1 Å². The van der Waals surface area contributed by atoms with E-state index in [9.17, 15) is 13.2 Å². The number of carbonyl (C=O) groups is 1. The Hall–Kier alpha value is -3.88. The number of hydrogen-bond acceptors (Lipinski definition) is 5. The molecule has 2 heterocycles. The maximum absolute atomic E-state index is 13.2. The highest BCUT2D eigenvalue weighted by atomic mass is 35.5. The zero-order chi connectivity index (χ0) is 24.4. The molecule has 1 aliphatic rings. The van der Waals surface area contributed by atoms with Crippen molar-refractivity contribution in [3.63, 3.8) is 0 Å². The standard InChI is InChI=1S/C26H20ClN3O4S/c27-20-10-14-22(15-11-20)35(32,33)29-21-12-8-18(9-13-21)23-17-24(25-7-4-16-34-25)30(28-23)26(31)19-5-2-1-3-6-19/h1-16,24,29H,17H2. The lowest BCUT2D eigenvalue weighted by Crippen LogP contribution is -2.26. The normalized spacial score (nSPS) is 15.6. The molecule has 1 unspecified atom stereocenters. The molecular weight excluding hydrogens is 486 g/mol. The summed E-state index contributed by atoms with van der Waals surface area (Å²) in [4.78, 5) is 13.3. The van der Waals surface area contributed by atoms with Crippen LogP contribution in [-0.2, 0) is 10.0 Å². The Labute approximate surface area is 207 Å². The van der Waals surface area contributed by atoms with Crippen LogP contribution < -0.4 is 4.72 Å². The molecular formula is C26H20ClN3O4S. The second-order valence-corrected chi connectivity index (χ2v) is 10.1. The van der Waals surface area contributed by atoms with Gasteiger partial charge in [0.15, 0.2) is 0 Å². The molecule has 1 aromatic heterocycles. The number of nitrogens with zero attached hydrogens (tertiary/aromatic N) is 2. The van der Waals surface area contributed by atoms with Gasteiger partial charge in [-0.2, -0.15) is 5.10 Å². The van der Waals surface area contributed by atoms with Gasteiger partial charge in [-0.05, 0) is 66.2 Å². The number of hydrazone groups is 1. The third-order valence-electron chi connectivity index (χ3n) is 5.61. The van der Waals surface area contributed by atoms with Gasteiger partial charge in [-0.3, -0.25) is 9.52 Å². The maximum Gasteiger partial charge on any atom is 0.274 e. The number of hydrogen-bond donors (Lipinski definition) is 1. The molecule has 7 nitrogen and oxygen atoms in total. The van der Waals surface area contributed by atoms with Crippen molar-refractivity contribution in [1.29, 1.82) is 0 Å². The number of furan rings is 1. The first-order chi connectivity index (χ1) is 16.9. The Kier molecular flexibility index (Phi) is 6.15. The van der Waals surface area contributed by atoms with E-state index in [1.807, 2.05) is 12.1 Å². The smallest absolute Gasteiger partial charge is 0.274 e. The van der Waals surface area contributed by atoms with E-state index in [2.05, 4.69) is 9.82 Å². The third-order valence-corrected chi connectivity index (χ3v) is 7.25.